The summed E-state index contributed by atoms with van der Waals surface area (Å²) in [6.45, 7) is 0. The third-order valence-corrected chi connectivity index (χ3v) is 5.40. The molecule has 0 saturated heterocycles. The van der Waals surface area contributed by atoms with E-state index in [1.165, 1.54) is 13.2 Å². The van der Waals surface area contributed by atoms with E-state index < -0.39 is 0 Å². The molecule has 2 aromatic carbocycles. The number of hydrogen-bond acceptors (Lipinski definition) is 1. The minimum Gasteiger partial charge on any atom is -0.494 e. The van der Waals surface area contributed by atoms with Crippen LogP contribution in [-0.2, 0) is 0 Å². The van der Waals surface area contributed by atoms with Crippen molar-refractivity contribution in [2.75, 3.05) is 7.11 Å². The van der Waals surface area contributed by atoms with E-state index in [2.05, 4.69) is 0 Å². The fourth-order valence-corrected chi connectivity index (χ4v) is 3.72. The summed E-state index contributed by atoms with van der Waals surface area (Å²) in [5.41, 5.74) is 0.824. The average molecular weight is 425 g/mol. The maximum atomic E-state index is 6.26. The van der Waals surface area contributed by atoms with E-state index >= 15 is 0 Å². The molecule has 8 heteroatoms. The molecule has 0 spiro atoms. The minimum absolute atomic E-state index is 0.153. The molecular formula is C13H5Cl7O. The van der Waals surface area contributed by atoms with Crippen molar-refractivity contribution in [1.82, 2.24) is 0 Å². The van der Waals surface area contributed by atoms with Crippen LogP contribution in [0.3, 0.4) is 0 Å². The predicted octanol–water partition coefficient (Wildman–Crippen LogP) is 7.94. The van der Waals surface area contributed by atoms with Gasteiger partial charge in [-0.1, -0.05) is 81.2 Å². The van der Waals surface area contributed by atoms with Gasteiger partial charge in [-0.05, 0) is 12.1 Å². The average Bonchev–Trinajstić information content (AvgIpc) is 2.42. The summed E-state index contributed by atoms with van der Waals surface area (Å²) in [6.07, 6.45) is 0. The van der Waals surface area contributed by atoms with Gasteiger partial charge in [0.05, 0.1) is 37.2 Å². The molecule has 0 saturated carbocycles. The van der Waals surface area contributed by atoms with Gasteiger partial charge in [-0.15, -0.1) is 0 Å². The van der Waals surface area contributed by atoms with E-state index in [0.29, 0.717) is 11.1 Å². The smallest absolute Gasteiger partial charge is 0.157 e. The normalized spacial score (nSPS) is 10.9. The van der Waals surface area contributed by atoms with Gasteiger partial charge >= 0.3 is 0 Å². The fraction of sp³-hybridized carbons (Fsp3) is 0.0769. The quantitative estimate of drug-likeness (QED) is 0.351. The van der Waals surface area contributed by atoms with E-state index in [1.54, 1.807) is 6.07 Å². The summed E-state index contributed by atoms with van der Waals surface area (Å²) in [5, 5.41) is 1.44. The molecule has 0 aliphatic carbocycles. The molecule has 112 valence electrons. The standard InChI is InChI=1S/C13H5Cl7O/c1-21-13-7(16)2-4(9(17)12(13)20)8-5(14)3-6(15)10(18)11(8)19/h2-3H,1H3. The molecule has 0 N–H and O–H groups in total. The Bertz CT molecular complexity index is 727. The van der Waals surface area contributed by atoms with E-state index in [9.17, 15) is 0 Å². The lowest BCUT2D eigenvalue weighted by Crippen LogP contribution is -1.91. The van der Waals surface area contributed by atoms with Gasteiger partial charge in [-0.2, -0.15) is 0 Å². The first kappa shape index (κ1) is 17.6. The van der Waals surface area contributed by atoms with Crippen LogP contribution in [0.1, 0.15) is 0 Å². The Morgan fingerprint density at radius 2 is 1.29 bits per heavy atom. The van der Waals surface area contributed by atoms with Crippen LogP contribution in [0.15, 0.2) is 12.1 Å². The summed E-state index contributed by atoms with van der Waals surface area (Å²) < 4.78 is 5.09. The first-order valence-corrected chi connectivity index (χ1v) is 7.99. The Labute approximate surface area is 156 Å². The van der Waals surface area contributed by atoms with Crippen molar-refractivity contribution in [1.29, 1.82) is 0 Å². The van der Waals surface area contributed by atoms with Gasteiger partial charge in [-0.25, -0.2) is 0 Å². The molecule has 0 aliphatic heterocycles. The van der Waals surface area contributed by atoms with Crippen LogP contribution in [0.2, 0.25) is 35.2 Å². The number of methoxy groups -OCH3 is 1. The van der Waals surface area contributed by atoms with Crippen molar-refractivity contribution in [3.8, 4) is 16.9 Å². The van der Waals surface area contributed by atoms with Crippen molar-refractivity contribution < 1.29 is 4.74 Å². The monoisotopic (exact) mass is 422 g/mol. The van der Waals surface area contributed by atoms with Crippen LogP contribution in [0.5, 0.6) is 5.75 Å². The maximum absolute atomic E-state index is 6.26. The first-order valence-electron chi connectivity index (χ1n) is 5.34. The number of halogens is 7. The van der Waals surface area contributed by atoms with Gasteiger partial charge in [0.1, 0.15) is 5.02 Å². The molecule has 0 unspecified atom stereocenters. The summed E-state index contributed by atoms with van der Waals surface area (Å²) in [5.74, 6) is 0.263. The zero-order valence-corrected chi connectivity index (χ0v) is 15.5. The Balaban J connectivity index is 2.84. The molecule has 2 rings (SSSR count). The van der Waals surface area contributed by atoms with Crippen molar-refractivity contribution in [3.05, 3.63) is 47.3 Å². The van der Waals surface area contributed by atoms with Gasteiger partial charge in [0.25, 0.3) is 0 Å². The zero-order valence-electron chi connectivity index (χ0n) is 10.2. The molecule has 0 radical (unpaired) electrons. The van der Waals surface area contributed by atoms with Crippen molar-refractivity contribution in [2.45, 2.75) is 0 Å². The maximum Gasteiger partial charge on any atom is 0.157 e. The van der Waals surface area contributed by atoms with Crippen LogP contribution in [0.4, 0.5) is 0 Å². The number of ether oxygens (including phenoxy) is 1. The lowest BCUT2D eigenvalue weighted by Gasteiger charge is -2.15. The van der Waals surface area contributed by atoms with Crippen molar-refractivity contribution >= 4 is 81.2 Å². The summed E-state index contributed by atoms with van der Waals surface area (Å²) in [6, 6.07) is 3.01. The third-order valence-electron chi connectivity index (χ3n) is 2.70. The molecule has 21 heavy (non-hydrogen) atoms. The second kappa shape index (κ2) is 6.80. The molecule has 0 amide bonds. The Morgan fingerprint density at radius 1 is 0.667 bits per heavy atom. The summed E-state index contributed by atoms with van der Waals surface area (Å²) in [4.78, 5) is 0. The van der Waals surface area contributed by atoms with Crippen LogP contribution in [0.25, 0.3) is 11.1 Å². The first-order chi connectivity index (χ1) is 9.79. The second-order valence-electron chi connectivity index (χ2n) is 3.91. The summed E-state index contributed by atoms with van der Waals surface area (Å²) >= 11 is 42.9. The molecule has 0 atom stereocenters. The molecular weight excluding hydrogens is 420 g/mol. The van der Waals surface area contributed by atoms with E-state index in [1.807, 2.05) is 0 Å². The molecule has 0 aliphatic rings. The highest BCUT2D eigenvalue weighted by Crippen LogP contribution is 2.49. The van der Waals surface area contributed by atoms with Crippen LogP contribution >= 0.6 is 81.2 Å². The van der Waals surface area contributed by atoms with Crippen LogP contribution < -0.4 is 4.74 Å². The predicted molar refractivity (Wildman–Crippen MR) is 93.5 cm³/mol. The van der Waals surface area contributed by atoms with E-state index in [4.69, 9.17) is 85.9 Å². The Hall–Kier alpha value is 0.270. The Kier molecular flexibility index (Phi) is 5.71. The third kappa shape index (κ3) is 3.16. The SMILES string of the molecule is COc1c(Cl)cc(-c2c(Cl)cc(Cl)c(Cl)c2Cl)c(Cl)c1Cl. The molecule has 0 heterocycles. The molecule has 0 aromatic heterocycles. The number of rotatable bonds is 2. The lowest BCUT2D eigenvalue weighted by molar-refractivity contribution is 0.415. The van der Waals surface area contributed by atoms with Gasteiger partial charge < -0.3 is 4.74 Å². The fourth-order valence-electron chi connectivity index (χ4n) is 1.76. The molecule has 0 fully saturated rings. The van der Waals surface area contributed by atoms with Gasteiger partial charge in [0, 0.05) is 11.1 Å². The zero-order chi connectivity index (χ0) is 15.9. The van der Waals surface area contributed by atoms with Gasteiger partial charge in [0.2, 0.25) is 0 Å². The highest BCUT2D eigenvalue weighted by molar-refractivity contribution is 6.52. The topological polar surface area (TPSA) is 9.23 Å². The summed E-state index contributed by atoms with van der Waals surface area (Å²) in [7, 11) is 1.43. The van der Waals surface area contributed by atoms with Gasteiger partial charge in [0.15, 0.2) is 5.75 Å². The Morgan fingerprint density at radius 3 is 1.86 bits per heavy atom. The van der Waals surface area contributed by atoms with Crippen molar-refractivity contribution in [2.24, 2.45) is 0 Å². The minimum atomic E-state index is 0.153. The van der Waals surface area contributed by atoms with E-state index in [0.717, 1.165) is 0 Å². The highest BCUT2D eigenvalue weighted by atomic mass is 35.5. The van der Waals surface area contributed by atoms with Crippen LogP contribution in [0, 0.1) is 0 Å². The van der Waals surface area contributed by atoms with Crippen molar-refractivity contribution in [3.63, 3.8) is 0 Å². The highest BCUT2D eigenvalue weighted by Gasteiger charge is 2.22. The largest absolute Gasteiger partial charge is 0.494 e. The van der Waals surface area contributed by atoms with Gasteiger partial charge in [-0.3, -0.25) is 0 Å². The molecule has 1 nitrogen and oxygen atoms in total. The van der Waals surface area contributed by atoms with E-state index in [-0.39, 0.29) is 40.9 Å². The molecule has 0 bridgehead atoms. The number of hydrogen-bond donors (Lipinski definition) is 0. The molecule has 2 aromatic rings. The second-order valence-corrected chi connectivity index (χ2v) is 6.64. The van der Waals surface area contributed by atoms with Crippen LogP contribution in [-0.4, -0.2) is 7.11 Å². The number of benzene rings is 2. The lowest BCUT2D eigenvalue weighted by atomic mass is 10.0.